The molecule has 1 N–H and O–H groups in total. The third kappa shape index (κ3) is 3.05. The van der Waals surface area contributed by atoms with E-state index in [4.69, 9.17) is 0 Å². The third-order valence-electron chi connectivity index (χ3n) is 3.65. The first-order chi connectivity index (χ1) is 8.48. The summed E-state index contributed by atoms with van der Waals surface area (Å²) in [5.41, 5.74) is -0.299. The van der Waals surface area contributed by atoms with Crippen LogP contribution in [0.4, 0.5) is 13.2 Å². The fourth-order valence-corrected chi connectivity index (χ4v) is 2.62. The summed E-state index contributed by atoms with van der Waals surface area (Å²) in [6, 6.07) is 5.05. The lowest BCUT2D eigenvalue weighted by atomic mass is 9.82. The molecule has 1 nitrogen and oxygen atoms in total. The van der Waals surface area contributed by atoms with E-state index >= 15 is 0 Å². The van der Waals surface area contributed by atoms with Gasteiger partial charge in [-0.1, -0.05) is 31.4 Å². The zero-order valence-corrected chi connectivity index (χ0v) is 10.1. The maximum atomic E-state index is 12.6. The highest BCUT2D eigenvalue weighted by Gasteiger charge is 2.31. The van der Waals surface area contributed by atoms with Gasteiger partial charge in [-0.25, -0.2) is 0 Å². The first-order valence-corrected chi connectivity index (χ1v) is 6.34. The van der Waals surface area contributed by atoms with Gasteiger partial charge in [-0.2, -0.15) is 13.2 Å². The Hall–Kier alpha value is -1.03. The summed E-state index contributed by atoms with van der Waals surface area (Å²) in [6.45, 7) is 0. The minimum Gasteiger partial charge on any atom is -0.388 e. The number of rotatable bonds is 2. The molecule has 1 aliphatic rings. The predicted octanol–water partition coefficient (Wildman–Crippen LogP) is 4.32. The van der Waals surface area contributed by atoms with Crippen molar-refractivity contribution in [3.05, 3.63) is 35.4 Å². The molecule has 0 amide bonds. The van der Waals surface area contributed by atoms with Crippen molar-refractivity contribution in [2.45, 2.75) is 44.4 Å². The Morgan fingerprint density at radius 3 is 2.39 bits per heavy atom. The lowest BCUT2D eigenvalue weighted by Crippen LogP contribution is -2.16. The zero-order chi connectivity index (χ0) is 13.2. The topological polar surface area (TPSA) is 20.2 Å². The van der Waals surface area contributed by atoms with Crippen LogP contribution in [-0.2, 0) is 6.18 Å². The number of aliphatic hydroxyl groups is 1. The summed E-state index contributed by atoms with van der Waals surface area (Å²) in [5, 5.41) is 10.2. The summed E-state index contributed by atoms with van der Waals surface area (Å²) in [5.74, 6) is 0.0993. The summed E-state index contributed by atoms with van der Waals surface area (Å²) in [7, 11) is 0. The normalized spacial score (nSPS) is 19.8. The molecule has 1 fully saturated rings. The van der Waals surface area contributed by atoms with E-state index in [1.54, 1.807) is 6.07 Å². The number of benzene rings is 1. The first kappa shape index (κ1) is 13.4. The van der Waals surface area contributed by atoms with Gasteiger partial charge in [-0.15, -0.1) is 0 Å². The summed E-state index contributed by atoms with van der Waals surface area (Å²) in [4.78, 5) is 0. The Morgan fingerprint density at radius 2 is 1.78 bits per heavy atom. The summed E-state index contributed by atoms with van der Waals surface area (Å²) >= 11 is 0. The standard InChI is InChI=1S/C14H17F3O/c15-14(16,17)12-8-4-7-11(9-12)13(18)10-5-2-1-3-6-10/h4,7-10,13,18H,1-3,5-6H2/t13-/m1/s1. The quantitative estimate of drug-likeness (QED) is 0.837. The maximum Gasteiger partial charge on any atom is 0.416 e. The number of halogens is 3. The second-order valence-electron chi connectivity index (χ2n) is 4.97. The fourth-order valence-electron chi connectivity index (χ4n) is 2.62. The van der Waals surface area contributed by atoms with Gasteiger partial charge in [0.15, 0.2) is 0 Å². The van der Waals surface area contributed by atoms with Crippen molar-refractivity contribution < 1.29 is 18.3 Å². The zero-order valence-electron chi connectivity index (χ0n) is 10.1. The van der Waals surface area contributed by atoms with Crippen molar-refractivity contribution in [3.63, 3.8) is 0 Å². The van der Waals surface area contributed by atoms with E-state index in [1.165, 1.54) is 6.07 Å². The van der Waals surface area contributed by atoms with E-state index < -0.39 is 17.8 Å². The average molecular weight is 258 g/mol. The molecule has 18 heavy (non-hydrogen) atoms. The molecule has 0 radical (unpaired) electrons. The molecule has 0 bridgehead atoms. The Bertz CT molecular complexity index is 394. The molecule has 1 saturated carbocycles. The molecular formula is C14H17F3O. The van der Waals surface area contributed by atoms with Gasteiger partial charge >= 0.3 is 6.18 Å². The maximum absolute atomic E-state index is 12.6. The average Bonchev–Trinajstić information content (AvgIpc) is 2.38. The van der Waals surface area contributed by atoms with Crippen molar-refractivity contribution in [1.29, 1.82) is 0 Å². The molecule has 100 valence electrons. The van der Waals surface area contributed by atoms with Gasteiger partial charge in [0.05, 0.1) is 11.7 Å². The molecule has 0 aliphatic heterocycles. The molecule has 2 rings (SSSR count). The summed E-state index contributed by atoms with van der Waals surface area (Å²) in [6.07, 6.45) is -0.0442. The van der Waals surface area contributed by atoms with Gasteiger partial charge in [-0.05, 0) is 36.5 Å². The molecule has 1 aliphatic carbocycles. The van der Waals surface area contributed by atoms with Gasteiger partial charge in [0.2, 0.25) is 0 Å². The lowest BCUT2D eigenvalue weighted by Gasteiger charge is -2.27. The molecule has 1 aromatic rings. The predicted molar refractivity (Wildman–Crippen MR) is 63.0 cm³/mol. The second kappa shape index (κ2) is 5.31. The Balaban J connectivity index is 2.17. The fraction of sp³-hybridized carbons (Fsp3) is 0.571. The van der Waals surface area contributed by atoms with Gasteiger partial charge in [-0.3, -0.25) is 0 Å². The van der Waals surface area contributed by atoms with E-state index in [2.05, 4.69) is 0 Å². The van der Waals surface area contributed by atoms with Crippen molar-refractivity contribution in [2.75, 3.05) is 0 Å². The van der Waals surface area contributed by atoms with Gasteiger partial charge in [0.1, 0.15) is 0 Å². The molecule has 4 heteroatoms. The van der Waals surface area contributed by atoms with Gasteiger partial charge in [0, 0.05) is 0 Å². The van der Waals surface area contributed by atoms with E-state index in [-0.39, 0.29) is 5.92 Å². The van der Waals surface area contributed by atoms with E-state index in [0.717, 1.165) is 44.2 Å². The van der Waals surface area contributed by atoms with Crippen LogP contribution in [0.5, 0.6) is 0 Å². The summed E-state index contributed by atoms with van der Waals surface area (Å²) < 4.78 is 37.8. The van der Waals surface area contributed by atoms with E-state index in [9.17, 15) is 18.3 Å². The van der Waals surface area contributed by atoms with Crippen LogP contribution in [0.1, 0.15) is 49.3 Å². The van der Waals surface area contributed by atoms with E-state index in [1.807, 2.05) is 0 Å². The monoisotopic (exact) mass is 258 g/mol. The molecular weight excluding hydrogens is 241 g/mol. The van der Waals surface area contributed by atoms with Gasteiger partial charge < -0.3 is 5.11 Å². The molecule has 0 unspecified atom stereocenters. The van der Waals surface area contributed by atoms with Crippen molar-refractivity contribution in [1.82, 2.24) is 0 Å². The van der Waals surface area contributed by atoms with Crippen molar-refractivity contribution >= 4 is 0 Å². The molecule has 0 heterocycles. The molecule has 0 saturated heterocycles. The Kier molecular flexibility index (Phi) is 3.95. The number of alkyl halides is 3. The minimum absolute atomic E-state index is 0.0993. The lowest BCUT2D eigenvalue weighted by molar-refractivity contribution is -0.137. The second-order valence-corrected chi connectivity index (χ2v) is 4.97. The van der Waals surface area contributed by atoms with Crippen LogP contribution in [0.2, 0.25) is 0 Å². The van der Waals surface area contributed by atoms with Crippen LogP contribution in [0.15, 0.2) is 24.3 Å². The first-order valence-electron chi connectivity index (χ1n) is 6.34. The van der Waals surface area contributed by atoms with Crippen LogP contribution in [0.25, 0.3) is 0 Å². The molecule has 1 atom stereocenters. The van der Waals surface area contributed by atoms with E-state index in [0.29, 0.717) is 5.56 Å². The van der Waals surface area contributed by atoms with Crippen LogP contribution in [0, 0.1) is 5.92 Å². The minimum atomic E-state index is -4.34. The molecule has 0 spiro atoms. The number of hydrogen-bond acceptors (Lipinski definition) is 1. The van der Waals surface area contributed by atoms with Crippen molar-refractivity contribution in [2.24, 2.45) is 5.92 Å². The highest BCUT2D eigenvalue weighted by molar-refractivity contribution is 5.27. The van der Waals surface area contributed by atoms with Gasteiger partial charge in [0.25, 0.3) is 0 Å². The SMILES string of the molecule is O[C@@H](c1cccc(C(F)(F)F)c1)C1CCCCC1. The van der Waals surface area contributed by atoms with Crippen LogP contribution in [0.3, 0.4) is 0 Å². The highest BCUT2D eigenvalue weighted by atomic mass is 19.4. The number of hydrogen-bond donors (Lipinski definition) is 1. The largest absolute Gasteiger partial charge is 0.416 e. The van der Waals surface area contributed by atoms with Crippen molar-refractivity contribution in [3.8, 4) is 0 Å². The van der Waals surface area contributed by atoms with Crippen LogP contribution >= 0.6 is 0 Å². The van der Waals surface area contributed by atoms with Crippen LogP contribution < -0.4 is 0 Å². The third-order valence-corrected chi connectivity index (χ3v) is 3.65. The molecule has 1 aromatic carbocycles. The number of aliphatic hydroxyl groups excluding tert-OH is 1. The highest BCUT2D eigenvalue weighted by Crippen LogP contribution is 2.36. The Labute approximate surface area is 105 Å². The van der Waals surface area contributed by atoms with Crippen LogP contribution in [-0.4, -0.2) is 5.11 Å². The Morgan fingerprint density at radius 1 is 1.11 bits per heavy atom. The smallest absolute Gasteiger partial charge is 0.388 e. The molecule has 0 aromatic heterocycles.